The molecule has 0 atom stereocenters. The fraction of sp³-hybridized carbons (Fsp3) is 0.750. The molecular formula is C12H17N3O2. The second-order valence-electron chi connectivity index (χ2n) is 4.79. The highest BCUT2D eigenvalue weighted by molar-refractivity contribution is 6.07. The minimum absolute atomic E-state index is 0.125. The SMILES string of the molecule is N#CCCN1C(=O)NC2(CCCCCC2)C1=O. The summed E-state index contributed by atoms with van der Waals surface area (Å²) in [6.45, 7) is 0.211. The molecule has 3 amide bonds. The van der Waals surface area contributed by atoms with E-state index >= 15 is 0 Å². The molecule has 0 aromatic carbocycles. The van der Waals surface area contributed by atoms with Gasteiger partial charge >= 0.3 is 6.03 Å². The van der Waals surface area contributed by atoms with Crippen LogP contribution in [0.2, 0.25) is 0 Å². The van der Waals surface area contributed by atoms with E-state index in [9.17, 15) is 9.59 Å². The van der Waals surface area contributed by atoms with E-state index in [0.29, 0.717) is 0 Å². The number of carbonyl (C=O) groups excluding carboxylic acids is 2. The highest BCUT2D eigenvalue weighted by atomic mass is 16.2. The van der Waals surface area contributed by atoms with Crippen molar-refractivity contribution < 1.29 is 9.59 Å². The Bertz CT molecular complexity index is 364. The van der Waals surface area contributed by atoms with Gasteiger partial charge in [-0.25, -0.2) is 4.79 Å². The van der Waals surface area contributed by atoms with Crippen molar-refractivity contribution >= 4 is 11.9 Å². The number of nitrogens with one attached hydrogen (secondary N) is 1. The third-order valence-electron chi connectivity index (χ3n) is 3.65. The Kier molecular flexibility index (Phi) is 3.32. The Labute approximate surface area is 101 Å². The van der Waals surface area contributed by atoms with Gasteiger partial charge in [0.25, 0.3) is 5.91 Å². The van der Waals surface area contributed by atoms with Gasteiger partial charge in [0.2, 0.25) is 0 Å². The van der Waals surface area contributed by atoms with Crippen LogP contribution in [-0.4, -0.2) is 28.9 Å². The summed E-state index contributed by atoms with van der Waals surface area (Å²) >= 11 is 0. The summed E-state index contributed by atoms with van der Waals surface area (Å²) in [5.41, 5.74) is -0.664. The van der Waals surface area contributed by atoms with Gasteiger partial charge in [0.1, 0.15) is 5.54 Å². The average molecular weight is 235 g/mol. The van der Waals surface area contributed by atoms with Crippen molar-refractivity contribution in [3.8, 4) is 6.07 Å². The molecular weight excluding hydrogens is 218 g/mol. The summed E-state index contributed by atoms with van der Waals surface area (Å²) in [5, 5.41) is 11.4. The van der Waals surface area contributed by atoms with E-state index in [0.717, 1.165) is 38.5 Å². The quantitative estimate of drug-likeness (QED) is 0.738. The van der Waals surface area contributed by atoms with E-state index in [-0.39, 0.29) is 24.9 Å². The maximum absolute atomic E-state index is 12.3. The molecule has 5 nitrogen and oxygen atoms in total. The second kappa shape index (κ2) is 4.74. The molecule has 2 aliphatic rings. The first-order valence-electron chi connectivity index (χ1n) is 6.21. The molecule has 0 aromatic rings. The van der Waals surface area contributed by atoms with Gasteiger partial charge in [0.15, 0.2) is 0 Å². The standard InChI is InChI=1S/C12H17N3O2/c13-8-5-9-15-10(16)12(14-11(15)17)6-3-1-2-4-7-12/h1-7,9H2,(H,14,17). The van der Waals surface area contributed by atoms with Gasteiger partial charge in [-0.2, -0.15) is 5.26 Å². The van der Waals surface area contributed by atoms with Crippen LogP contribution in [-0.2, 0) is 4.79 Å². The Morgan fingerprint density at radius 3 is 2.47 bits per heavy atom. The largest absolute Gasteiger partial charge is 0.325 e. The molecule has 2 fully saturated rings. The van der Waals surface area contributed by atoms with E-state index in [1.54, 1.807) is 0 Å². The number of imide groups is 1. The number of hydrogen-bond donors (Lipinski definition) is 1. The molecule has 17 heavy (non-hydrogen) atoms. The van der Waals surface area contributed by atoms with Gasteiger partial charge in [0, 0.05) is 6.54 Å². The number of rotatable bonds is 2. The Morgan fingerprint density at radius 2 is 1.88 bits per heavy atom. The van der Waals surface area contributed by atoms with Crippen molar-refractivity contribution in [3.63, 3.8) is 0 Å². The van der Waals surface area contributed by atoms with Crippen LogP contribution in [0.5, 0.6) is 0 Å². The van der Waals surface area contributed by atoms with E-state index in [1.807, 2.05) is 6.07 Å². The van der Waals surface area contributed by atoms with Crippen molar-refractivity contribution in [2.75, 3.05) is 6.54 Å². The molecule has 1 heterocycles. The lowest BCUT2D eigenvalue weighted by atomic mass is 9.90. The molecule has 0 aromatic heterocycles. The lowest BCUT2D eigenvalue weighted by Gasteiger charge is -2.24. The van der Waals surface area contributed by atoms with Gasteiger partial charge < -0.3 is 5.32 Å². The van der Waals surface area contributed by atoms with Gasteiger partial charge in [0.05, 0.1) is 12.5 Å². The maximum Gasteiger partial charge on any atom is 0.325 e. The third-order valence-corrected chi connectivity index (χ3v) is 3.65. The Hall–Kier alpha value is -1.57. The maximum atomic E-state index is 12.3. The van der Waals surface area contributed by atoms with Crippen LogP contribution in [0.3, 0.4) is 0 Å². The molecule has 1 N–H and O–H groups in total. The molecule has 92 valence electrons. The van der Waals surface area contributed by atoms with Crippen LogP contribution in [0.1, 0.15) is 44.9 Å². The summed E-state index contributed by atoms with van der Waals surface area (Å²) in [4.78, 5) is 25.2. The molecule has 1 spiro atoms. The van der Waals surface area contributed by atoms with Crippen LogP contribution in [0, 0.1) is 11.3 Å². The topological polar surface area (TPSA) is 73.2 Å². The van der Waals surface area contributed by atoms with E-state index < -0.39 is 5.54 Å². The third kappa shape index (κ3) is 2.12. The van der Waals surface area contributed by atoms with E-state index in [1.165, 1.54) is 4.90 Å². The highest BCUT2D eigenvalue weighted by Crippen LogP contribution is 2.32. The molecule has 0 bridgehead atoms. The summed E-state index contributed by atoms with van der Waals surface area (Å²) < 4.78 is 0. The Morgan fingerprint density at radius 1 is 1.24 bits per heavy atom. The molecule has 1 saturated heterocycles. The van der Waals surface area contributed by atoms with Crippen LogP contribution in [0.15, 0.2) is 0 Å². The molecule has 2 rings (SSSR count). The van der Waals surface area contributed by atoms with Gasteiger partial charge in [-0.15, -0.1) is 0 Å². The monoisotopic (exact) mass is 235 g/mol. The molecule has 1 aliphatic carbocycles. The molecule has 1 saturated carbocycles. The van der Waals surface area contributed by atoms with Crippen molar-refractivity contribution in [1.82, 2.24) is 10.2 Å². The number of hydrogen-bond acceptors (Lipinski definition) is 3. The minimum atomic E-state index is -0.664. The number of carbonyl (C=O) groups is 2. The minimum Gasteiger partial charge on any atom is -0.323 e. The summed E-state index contributed by atoms with van der Waals surface area (Å²) in [6, 6.07) is 1.64. The first kappa shape index (κ1) is 11.9. The fourth-order valence-corrected chi connectivity index (χ4v) is 2.71. The normalized spacial score (nSPS) is 23.4. The summed E-state index contributed by atoms with van der Waals surface area (Å²) in [6.07, 6.45) is 5.90. The van der Waals surface area contributed by atoms with Crippen LogP contribution in [0.25, 0.3) is 0 Å². The first-order chi connectivity index (χ1) is 8.19. The predicted octanol–water partition coefficient (Wildman–Crippen LogP) is 1.54. The fourth-order valence-electron chi connectivity index (χ4n) is 2.71. The van der Waals surface area contributed by atoms with E-state index in [4.69, 9.17) is 5.26 Å². The van der Waals surface area contributed by atoms with Crippen molar-refractivity contribution in [2.45, 2.75) is 50.5 Å². The average Bonchev–Trinajstić information content (AvgIpc) is 2.50. The zero-order chi connectivity index (χ0) is 12.3. The smallest absolute Gasteiger partial charge is 0.323 e. The van der Waals surface area contributed by atoms with Gasteiger partial charge in [-0.1, -0.05) is 25.7 Å². The zero-order valence-electron chi connectivity index (χ0n) is 9.87. The van der Waals surface area contributed by atoms with Crippen LogP contribution < -0.4 is 5.32 Å². The summed E-state index contributed by atoms with van der Waals surface area (Å²) in [7, 11) is 0. The summed E-state index contributed by atoms with van der Waals surface area (Å²) in [5.74, 6) is -0.125. The lowest BCUT2D eigenvalue weighted by Crippen LogP contribution is -2.46. The molecule has 1 aliphatic heterocycles. The van der Waals surface area contributed by atoms with Crippen molar-refractivity contribution in [2.24, 2.45) is 0 Å². The number of amides is 3. The van der Waals surface area contributed by atoms with Gasteiger partial charge in [-0.05, 0) is 12.8 Å². The van der Waals surface area contributed by atoms with Crippen LogP contribution >= 0.6 is 0 Å². The first-order valence-corrected chi connectivity index (χ1v) is 6.21. The molecule has 5 heteroatoms. The second-order valence-corrected chi connectivity index (χ2v) is 4.79. The molecule has 0 unspecified atom stereocenters. The Balaban J connectivity index is 2.13. The van der Waals surface area contributed by atoms with E-state index in [2.05, 4.69) is 5.32 Å². The number of nitrogens with zero attached hydrogens (tertiary/aromatic N) is 2. The van der Waals surface area contributed by atoms with Gasteiger partial charge in [-0.3, -0.25) is 9.69 Å². The number of nitriles is 1. The number of urea groups is 1. The molecule has 0 radical (unpaired) electrons. The highest BCUT2D eigenvalue weighted by Gasteiger charge is 2.50. The van der Waals surface area contributed by atoms with Crippen molar-refractivity contribution in [1.29, 1.82) is 5.26 Å². The predicted molar refractivity (Wildman–Crippen MR) is 60.9 cm³/mol. The van der Waals surface area contributed by atoms with Crippen molar-refractivity contribution in [3.05, 3.63) is 0 Å². The lowest BCUT2D eigenvalue weighted by molar-refractivity contribution is -0.131. The van der Waals surface area contributed by atoms with Crippen LogP contribution in [0.4, 0.5) is 4.79 Å². The zero-order valence-corrected chi connectivity index (χ0v) is 9.87.